The standard InChI is InChI=1S/C13H16BrN3O2/c1-18-8-7-17-6-5-15-13(17)16-12-9-10(19-2)3-4-11(12)14/h3-6,9H,7-8H2,1-2H3,(H,15,16). The highest BCUT2D eigenvalue weighted by atomic mass is 79.9. The summed E-state index contributed by atoms with van der Waals surface area (Å²) in [6.45, 7) is 1.39. The molecule has 0 fully saturated rings. The quantitative estimate of drug-likeness (QED) is 0.886. The summed E-state index contributed by atoms with van der Waals surface area (Å²) in [6, 6.07) is 5.75. The first-order chi connectivity index (χ1) is 9.24. The largest absolute Gasteiger partial charge is 0.497 e. The number of benzene rings is 1. The van der Waals surface area contributed by atoms with Crippen LogP contribution in [0.3, 0.4) is 0 Å². The molecule has 102 valence electrons. The van der Waals surface area contributed by atoms with E-state index in [0.29, 0.717) is 6.61 Å². The summed E-state index contributed by atoms with van der Waals surface area (Å²) in [4.78, 5) is 4.30. The molecule has 1 aromatic heterocycles. The molecule has 0 radical (unpaired) electrons. The molecule has 1 N–H and O–H groups in total. The molecule has 1 aromatic carbocycles. The number of rotatable bonds is 6. The third-order valence-electron chi connectivity index (χ3n) is 2.67. The van der Waals surface area contributed by atoms with Gasteiger partial charge in [0.1, 0.15) is 5.75 Å². The maximum atomic E-state index is 5.22. The van der Waals surface area contributed by atoms with Crippen LogP contribution >= 0.6 is 15.9 Å². The van der Waals surface area contributed by atoms with Crippen LogP contribution in [-0.2, 0) is 11.3 Å². The Balaban J connectivity index is 2.18. The lowest BCUT2D eigenvalue weighted by Gasteiger charge is -2.11. The van der Waals surface area contributed by atoms with Crippen molar-refractivity contribution < 1.29 is 9.47 Å². The minimum Gasteiger partial charge on any atom is -0.497 e. The summed E-state index contributed by atoms with van der Waals surface area (Å²) in [5.41, 5.74) is 0.907. The van der Waals surface area contributed by atoms with Gasteiger partial charge in [-0.1, -0.05) is 0 Å². The molecule has 2 aromatic rings. The van der Waals surface area contributed by atoms with E-state index >= 15 is 0 Å². The molecule has 2 rings (SSSR count). The van der Waals surface area contributed by atoms with E-state index in [1.54, 1.807) is 20.4 Å². The number of imidazole rings is 1. The second-order valence-corrected chi connectivity index (χ2v) is 4.76. The number of anilines is 2. The maximum Gasteiger partial charge on any atom is 0.207 e. The Morgan fingerprint density at radius 1 is 1.37 bits per heavy atom. The molecule has 0 aliphatic rings. The Morgan fingerprint density at radius 3 is 2.95 bits per heavy atom. The zero-order valence-electron chi connectivity index (χ0n) is 10.9. The second-order valence-electron chi connectivity index (χ2n) is 3.91. The summed E-state index contributed by atoms with van der Waals surface area (Å²) in [5, 5.41) is 3.27. The molecule has 0 unspecified atom stereocenters. The molecule has 0 saturated carbocycles. The van der Waals surface area contributed by atoms with Gasteiger partial charge in [-0.2, -0.15) is 0 Å². The Morgan fingerprint density at radius 2 is 2.21 bits per heavy atom. The Labute approximate surface area is 120 Å². The van der Waals surface area contributed by atoms with E-state index in [2.05, 4.69) is 26.2 Å². The zero-order chi connectivity index (χ0) is 13.7. The predicted molar refractivity (Wildman–Crippen MR) is 78.1 cm³/mol. The van der Waals surface area contributed by atoms with Gasteiger partial charge >= 0.3 is 0 Å². The highest BCUT2D eigenvalue weighted by Crippen LogP contribution is 2.29. The highest BCUT2D eigenvalue weighted by Gasteiger charge is 2.07. The Kier molecular flexibility index (Phi) is 4.81. The fraction of sp³-hybridized carbons (Fsp3) is 0.308. The highest BCUT2D eigenvalue weighted by molar-refractivity contribution is 9.10. The van der Waals surface area contributed by atoms with Crippen molar-refractivity contribution in [3.05, 3.63) is 35.1 Å². The van der Waals surface area contributed by atoms with Crippen LogP contribution in [0.4, 0.5) is 11.6 Å². The van der Waals surface area contributed by atoms with Crippen molar-refractivity contribution in [2.75, 3.05) is 26.1 Å². The first-order valence-electron chi connectivity index (χ1n) is 5.85. The van der Waals surface area contributed by atoms with Crippen molar-refractivity contribution in [3.63, 3.8) is 0 Å². The normalized spacial score (nSPS) is 10.5. The molecule has 0 bridgehead atoms. The lowest BCUT2D eigenvalue weighted by atomic mass is 10.3. The van der Waals surface area contributed by atoms with Gasteiger partial charge in [0.05, 0.1) is 19.4 Å². The third kappa shape index (κ3) is 3.48. The fourth-order valence-electron chi connectivity index (χ4n) is 1.65. The molecule has 6 heteroatoms. The lowest BCUT2D eigenvalue weighted by Crippen LogP contribution is -2.07. The molecule has 5 nitrogen and oxygen atoms in total. The molecule has 0 aliphatic heterocycles. The zero-order valence-corrected chi connectivity index (χ0v) is 12.5. The number of nitrogens with one attached hydrogen (secondary N) is 1. The predicted octanol–water partition coefficient (Wildman–Crippen LogP) is 3.04. The van der Waals surface area contributed by atoms with Crippen molar-refractivity contribution in [1.29, 1.82) is 0 Å². The summed E-state index contributed by atoms with van der Waals surface area (Å²) >= 11 is 3.50. The molecule has 0 spiro atoms. The van der Waals surface area contributed by atoms with Gasteiger partial charge in [0.15, 0.2) is 0 Å². The van der Waals surface area contributed by atoms with Gasteiger partial charge in [-0.05, 0) is 28.1 Å². The van der Waals surface area contributed by atoms with E-state index < -0.39 is 0 Å². The average molecular weight is 326 g/mol. The first kappa shape index (κ1) is 13.9. The monoisotopic (exact) mass is 325 g/mol. The number of nitrogens with zero attached hydrogens (tertiary/aromatic N) is 2. The number of halogens is 1. The van der Waals surface area contributed by atoms with E-state index in [1.807, 2.05) is 29.0 Å². The number of ether oxygens (including phenoxy) is 2. The van der Waals surface area contributed by atoms with Gasteiger partial charge in [0.25, 0.3) is 0 Å². The fourth-order valence-corrected chi connectivity index (χ4v) is 2.00. The molecular weight excluding hydrogens is 310 g/mol. The van der Waals surface area contributed by atoms with Crippen LogP contribution in [0.1, 0.15) is 0 Å². The maximum absolute atomic E-state index is 5.22. The molecule has 1 heterocycles. The van der Waals surface area contributed by atoms with Crippen molar-refractivity contribution in [2.24, 2.45) is 0 Å². The summed E-state index contributed by atoms with van der Waals surface area (Å²) in [6.07, 6.45) is 3.67. The minimum absolute atomic E-state index is 0.643. The van der Waals surface area contributed by atoms with E-state index in [9.17, 15) is 0 Å². The first-order valence-corrected chi connectivity index (χ1v) is 6.64. The van der Waals surface area contributed by atoms with E-state index in [1.165, 1.54) is 0 Å². The van der Waals surface area contributed by atoms with E-state index in [-0.39, 0.29) is 0 Å². The van der Waals surface area contributed by atoms with Gasteiger partial charge in [-0.15, -0.1) is 0 Å². The van der Waals surface area contributed by atoms with E-state index in [0.717, 1.165) is 28.4 Å². The van der Waals surface area contributed by atoms with Crippen molar-refractivity contribution in [2.45, 2.75) is 6.54 Å². The topological polar surface area (TPSA) is 48.3 Å². The van der Waals surface area contributed by atoms with Crippen LogP contribution < -0.4 is 10.1 Å². The average Bonchev–Trinajstić information content (AvgIpc) is 2.86. The number of hydrogen-bond acceptors (Lipinski definition) is 4. The molecular formula is C13H16BrN3O2. The number of hydrogen-bond donors (Lipinski definition) is 1. The van der Waals surface area contributed by atoms with Crippen LogP contribution in [0.2, 0.25) is 0 Å². The van der Waals surface area contributed by atoms with Crippen LogP contribution in [-0.4, -0.2) is 30.4 Å². The number of aromatic nitrogens is 2. The van der Waals surface area contributed by atoms with Crippen LogP contribution in [0.25, 0.3) is 0 Å². The molecule has 0 saturated heterocycles. The van der Waals surface area contributed by atoms with Gasteiger partial charge < -0.3 is 19.4 Å². The van der Waals surface area contributed by atoms with Crippen molar-refractivity contribution in [1.82, 2.24) is 9.55 Å². The molecule has 0 aliphatic carbocycles. The molecule has 19 heavy (non-hydrogen) atoms. The van der Waals surface area contributed by atoms with Crippen LogP contribution in [0.15, 0.2) is 35.1 Å². The smallest absolute Gasteiger partial charge is 0.207 e. The summed E-state index contributed by atoms with van der Waals surface area (Å²) in [5.74, 6) is 1.56. The molecule has 0 atom stereocenters. The lowest BCUT2D eigenvalue weighted by molar-refractivity contribution is 0.188. The Bertz CT molecular complexity index is 542. The summed E-state index contributed by atoms with van der Waals surface area (Å²) < 4.78 is 13.2. The van der Waals surface area contributed by atoms with Crippen LogP contribution in [0.5, 0.6) is 5.75 Å². The second kappa shape index (κ2) is 6.58. The van der Waals surface area contributed by atoms with Gasteiger partial charge in [0.2, 0.25) is 5.95 Å². The van der Waals surface area contributed by atoms with Gasteiger partial charge in [0, 0.05) is 36.6 Å². The third-order valence-corrected chi connectivity index (χ3v) is 3.36. The Hall–Kier alpha value is -1.53. The minimum atomic E-state index is 0.643. The van der Waals surface area contributed by atoms with Gasteiger partial charge in [-0.3, -0.25) is 0 Å². The van der Waals surface area contributed by atoms with E-state index in [4.69, 9.17) is 9.47 Å². The number of methoxy groups -OCH3 is 2. The summed E-state index contributed by atoms with van der Waals surface area (Å²) in [7, 11) is 3.33. The van der Waals surface area contributed by atoms with Crippen molar-refractivity contribution >= 4 is 27.6 Å². The van der Waals surface area contributed by atoms with Crippen LogP contribution in [0, 0.1) is 0 Å². The van der Waals surface area contributed by atoms with Gasteiger partial charge in [-0.25, -0.2) is 4.98 Å². The SMILES string of the molecule is COCCn1ccnc1Nc1cc(OC)ccc1Br. The van der Waals surface area contributed by atoms with Crippen molar-refractivity contribution in [3.8, 4) is 5.75 Å². The molecule has 0 amide bonds.